The third-order valence-electron chi connectivity index (χ3n) is 6.30. The first-order valence-corrected chi connectivity index (χ1v) is 12.1. The first-order chi connectivity index (χ1) is 16.5. The maximum Gasteiger partial charge on any atom is 0.295 e. The van der Waals surface area contributed by atoms with E-state index < -0.39 is 17.7 Å². The van der Waals surface area contributed by atoms with Crippen molar-refractivity contribution in [2.75, 3.05) is 52.6 Å². The minimum atomic E-state index is -0.692. The average Bonchev–Trinajstić information content (AvgIpc) is 3.12. The lowest BCUT2D eigenvalue weighted by Gasteiger charge is -2.31. The van der Waals surface area contributed by atoms with Crippen molar-refractivity contribution in [1.82, 2.24) is 9.80 Å². The molecule has 0 radical (unpaired) electrons. The van der Waals surface area contributed by atoms with Crippen molar-refractivity contribution < 1.29 is 28.9 Å². The van der Waals surface area contributed by atoms with Crippen LogP contribution in [0.3, 0.4) is 0 Å². The molecule has 2 fully saturated rings. The molecule has 0 aromatic heterocycles. The summed E-state index contributed by atoms with van der Waals surface area (Å²) in [5.74, 6) is -0.449. The van der Waals surface area contributed by atoms with Gasteiger partial charge in [0.25, 0.3) is 11.7 Å². The van der Waals surface area contributed by atoms with Crippen LogP contribution in [-0.4, -0.2) is 79.2 Å². The van der Waals surface area contributed by atoms with Crippen LogP contribution >= 0.6 is 15.9 Å². The van der Waals surface area contributed by atoms with E-state index in [9.17, 15) is 14.7 Å². The summed E-state index contributed by atoms with van der Waals surface area (Å²) in [6, 6.07) is 11.8. The number of hydrogen-bond acceptors (Lipinski definition) is 7. The van der Waals surface area contributed by atoms with Gasteiger partial charge in [-0.3, -0.25) is 14.5 Å². The lowest BCUT2D eigenvalue weighted by atomic mass is 9.95. The van der Waals surface area contributed by atoms with Gasteiger partial charge in [0.2, 0.25) is 0 Å². The number of fused-ring (bicyclic) bond motifs is 1. The van der Waals surface area contributed by atoms with Crippen LogP contribution in [0.4, 0.5) is 0 Å². The molecular weight excluding hydrogens is 504 g/mol. The number of carbonyl (C=O) groups is 2. The Hall–Kier alpha value is -2.88. The zero-order chi connectivity index (χ0) is 23.7. The number of Topliss-reactive ketones (excluding diaryl/α,β-unsaturated/α-hetero) is 1. The van der Waals surface area contributed by atoms with E-state index in [1.54, 1.807) is 23.1 Å². The molecule has 1 atom stereocenters. The van der Waals surface area contributed by atoms with Gasteiger partial charge in [0.1, 0.15) is 19.0 Å². The molecule has 2 aromatic rings. The molecule has 0 bridgehead atoms. The number of hydrogen-bond donors (Lipinski definition) is 1. The molecule has 34 heavy (non-hydrogen) atoms. The Morgan fingerprint density at radius 3 is 2.38 bits per heavy atom. The summed E-state index contributed by atoms with van der Waals surface area (Å²) >= 11 is 3.44. The fourth-order valence-corrected chi connectivity index (χ4v) is 4.79. The second-order valence-electron chi connectivity index (χ2n) is 8.36. The number of likely N-dealkylation sites (tertiary alicyclic amines) is 1. The van der Waals surface area contributed by atoms with Crippen LogP contribution in [0.2, 0.25) is 0 Å². The molecule has 3 aliphatic heterocycles. The molecule has 1 N–H and O–H groups in total. The van der Waals surface area contributed by atoms with Crippen LogP contribution in [0.25, 0.3) is 5.76 Å². The number of nitrogens with zero attached hydrogens (tertiary/aromatic N) is 2. The molecule has 5 rings (SSSR count). The zero-order valence-electron chi connectivity index (χ0n) is 18.5. The van der Waals surface area contributed by atoms with Gasteiger partial charge in [-0.05, 0) is 35.9 Å². The monoisotopic (exact) mass is 528 g/mol. The van der Waals surface area contributed by atoms with E-state index >= 15 is 0 Å². The van der Waals surface area contributed by atoms with Gasteiger partial charge in [0.05, 0.1) is 24.8 Å². The molecule has 178 valence electrons. The van der Waals surface area contributed by atoms with Crippen LogP contribution in [-0.2, 0) is 14.3 Å². The first-order valence-electron chi connectivity index (χ1n) is 11.3. The van der Waals surface area contributed by atoms with Gasteiger partial charge in [-0.1, -0.05) is 28.1 Å². The fraction of sp³-hybridized carbons (Fsp3) is 0.360. The Morgan fingerprint density at radius 1 is 0.941 bits per heavy atom. The largest absolute Gasteiger partial charge is 0.507 e. The molecule has 1 amide bonds. The molecule has 2 aromatic carbocycles. The third-order valence-corrected chi connectivity index (χ3v) is 6.83. The molecule has 0 saturated carbocycles. The number of morpholine rings is 1. The van der Waals surface area contributed by atoms with Crippen LogP contribution in [0.15, 0.2) is 52.5 Å². The quantitative estimate of drug-likeness (QED) is 0.362. The van der Waals surface area contributed by atoms with E-state index in [1.807, 2.05) is 24.3 Å². The van der Waals surface area contributed by atoms with E-state index in [0.29, 0.717) is 56.6 Å². The number of aliphatic hydroxyl groups excluding tert-OH is 1. The highest BCUT2D eigenvalue weighted by molar-refractivity contribution is 9.10. The van der Waals surface area contributed by atoms with Crippen molar-refractivity contribution in [3.8, 4) is 11.5 Å². The van der Waals surface area contributed by atoms with Gasteiger partial charge < -0.3 is 24.2 Å². The normalized spacial score (nSPS) is 22.3. The number of aliphatic hydroxyl groups is 1. The fourth-order valence-electron chi connectivity index (χ4n) is 4.52. The second-order valence-corrected chi connectivity index (χ2v) is 9.27. The molecule has 0 spiro atoms. The summed E-state index contributed by atoms with van der Waals surface area (Å²) < 4.78 is 17.5. The highest BCUT2D eigenvalue weighted by Crippen LogP contribution is 2.41. The van der Waals surface area contributed by atoms with Gasteiger partial charge in [-0.25, -0.2) is 0 Å². The van der Waals surface area contributed by atoms with Crippen molar-refractivity contribution in [3.05, 3.63) is 63.6 Å². The Kier molecular flexibility index (Phi) is 6.58. The minimum Gasteiger partial charge on any atom is -0.507 e. The van der Waals surface area contributed by atoms with Crippen molar-refractivity contribution in [2.24, 2.45) is 0 Å². The number of rotatable bonds is 5. The summed E-state index contributed by atoms with van der Waals surface area (Å²) in [6.45, 7) is 4.71. The van der Waals surface area contributed by atoms with Crippen molar-refractivity contribution in [2.45, 2.75) is 6.04 Å². The zero-order valence-corrected chi connectivity index (χ0v) is 20.1. The summed E-state index contributed by atoms with van der Waals surface area (Å²) in [5, 5.41) is 11.3. The van der Waals surface area contributed by atoms with E-state index in [2.05, 4.69) is 20.8 Å². The van der Waals surface area contributed by atoms with Crippen LogP contribution in [0.5, 0.6) is 11.5 Å². The molecule has 8 nitrogen and oxygen atoms in total. The topological polar surface area (TPSA) is 88.5 Å². The summed E-state index contributed by atoms with van der Waals surface area (Å²) in [4.78, 5) is 30.1. The van der Waals surface area contributed by atoms with E-state index in [1.165, 1.54) is 0 Å². The van der Waals surface area contributed by atoms with Gasteiger partial charge in [0, 0.05) is 36.2 Å². The molecule has 3 heterocycles. The number of halogens is 1. The highest BCUT2D eigenvalue weighted by atomic mass is 79.9. The predicted molar refractivity (Wildman–Crippen MR) is 128 cm³/mol. The van der Waals surface area contributed by atoms with Crippen LogP contribution < -0.4 is 9.47 Å². The maximum atomic E-state index is 13.2. The van der Waals surface area contributed by atoms with Crippen molar-refractivity contribution >= 4 is 33.4 Å². The lowest BCUT2D eigenvalue weighted by molar-refractivity contribution is -0.140. The summed E-state index contributed by atoms with van der Waals surface area (Å²) in [5.41, 5.74) is 1.23. The maximum absolute atomic E-state index is 13.2. The highest BCUT2D eigenvalue weighted by Gasteiger charge is 2.46. The number of ether oxygens (including phenoxy) is 3. The number of benzene rings is 2. The van der Waals surface area contributed by atoms with Crippen molar-refractivity contribution in [3.63, 3.8) is 0 Å². The molecule has 0 aliphatic carbocycles. The molecule has 1 unspecified atom stereocenters. The molecule has 3 aliphatic rings. The average molecular weight is 529 g/mol. The van der Waals surface area contributed by atoms with Gasteiger partial charge in [0.15, 0.2) is 11.5 Å². The first kappa shape index (κ1) is 22.9. The number of amides is 1. The van der Waals surface area contributed by atoms with E-state index in [0.717, 1.165) is 23.1 Å². The van der Waals surface area contributed by atoms with Crippen LogP contribution in [0.1, 0.15) is 17.2 Å². The Labute approximate surface area is 205 Å². The third kappa shape index (κ3) is 4.43. The van der Waals surface area contributed by atoms with Crippen molar-refractivity contribution in [1.29, 1.82) is 0 Å². The smallest absolute Gasteiger partial charge is 0.295 e. The molecule has 9 heteroatoms. The van der Waals surface area contributed by atoms with Gasteiger partial charge in [-0.15, -0.1) is 0 Å². The van der Waals surface area contributed by atoms with Gasteiger partial charge in [-0.2, -0.15) is 0 Å². The van der Waals surface area contributed by atoms with E-state index in [-0.39, 0.29) is 11.3 Å². The van der Waals surface area contributed by atoms with E-state index in [4.69, 9.17) is 14.2 Å². The Balaban J connectivity index is 1.53. The van der Waals surface area contributed by atoms with Crippen LogP contribution in [0, 0.1) is 0 Å². The molecular formula is C25H25BrN2O6. The predicted octanol–water partition coefficient (Wildman–Crippen LogP) is 2.97. The van der Waals surface area contributed by atoms with Gasteiger partial charge >= 0.3 is 0 Å². The number of carbonyl (C=O) groups excluding carboxylic acids is 2. The standard InChI is InChI=1S/C25H25BrN2O6/c26-18-4-1-16(2-5-18)22-21(23(29)17-3-6-19-20(15-17)34-14-13-33-19)24(30)25(31)28(22)8-7-27-9-11-32-12-10-27/h1-6,15,22,29H,7-14H2/b23-21+. The Bertz CT molecular complexity index is 1130. The summed E-state index contributed by atoms with van der Waals surface area (Å²) in [6.07, 6.45) is 0. The summed E-state index contributed by atoms with van der Waals surface area (Å²) in [7, 11) is 0. The molecule has 2 saturated heterocycles. The Morgan fingerprint density at radius 2 is 1.65 bits per heavy atom. The minimum absolute atomic E-state index is 0.0750. The second kappa shape index (κ2) is 9.77. The lowest BCUT2D eigenvalue weighted by Crippen LogP contribution is -2.42. The SMILES string of the molecule is O=C1C(=O)N(CCN2CCOCC2)C(c2ccc(Br)cc2)/C1=C(\O)c1ccc2c(c1)OCCO2. The number of ketones is 1.